The van der Waals surface area contributed by atoms with Crippen LogP contribution in [0.4, 0.5) is 11.4 Å². The van der Waals surface area contributed by atoms with Crippen molar-refractivity contribution in [1.82, 2.24) is 0 Å². The van der Waals surface area contributed by atoms with Gasteiger partial charge in [-0.2, -0.15) is 0 Å². The van der Waals surface area contributed by atoms with Gasteiger partial charge in [0.25, 0.3) is 5.69 Å². The van der Waals surface area contributed by atoms with Gasteiger partial charge in [-0.3, -0.25) is 14.9 Å². The highest BCUT2D eigenvalue weighted by Gasteiger charge is 2.19. The molecule has 0 fully saturated rings. The fraction of sp³-hybridized carbons (Fsp3) is 0.417. The number of nitrogens with two attached hydrogens (primary N) is 1. The van der Waals surface area contributed by atoms with Crippen LogP contribution in [-0.2, 0) is 9.53 Å². The van der Waals surface area contributed by atoms with E-state index in [0.29, 0.717) is 23.9 Å². The summed E-state index contributed by atoms with van der Waals surface area (Å²) >= 11 is 3.15. The molecule has 20 heavy (non-hydrogen) atoms. The van der Waals surface area contributed by atoms with Crippen molar-refractivity contribution in [3.05, 3.63) is 32.8 Å². The van der Waals surface area contributed by atoms with E-state index in [1.165, 1.54) is 12.1 Å². The maximum absolute atomic E-state index is 11.9. The minimum Gasteiger partial charge on any atom is -0.385 e. The molecule has 1 rings (SSSR count). The number of benzene rings is 1. The first-order valence-electron chi connectivity index (χ1n) is 5.95. The van der Waals surface area contributed by atoms with Crippen LogP contribution in [0.1, 0.15) is 12.8 Å². The van der Waals surface area contributed by atoms with Crippen molar-refractivity contribution in [2.45, 2.75) is 18.9 Å². The fourth-order valence-corrected chi connectivity index (χ4v) is 1.91. The molecule has 0 radical (unpaired) electrons. The van der Waals surface area contributed by atoms with Gasteiger partial charge in [0.15, 0.2) is 0 Å². The van der Waals surface area contributed by atoms with E-state index in [2.05, 4.69) is 21.2 Å². The predicted molar refractivity (Wildman–Crippen MR) is 78.5 cm³/mol. The molecule has 3 N–H and O–H groups in total. The summed E-state index contributed by atoms with van der Waals surface area (Å²) in [7, 11) is 1.57. The Morgan fingerprint density at radius 1 is 1.60 bits per heavy atom. The molecule has 110 valence electrons. The third-order valence-electron chi connectivity index (χ3n) is 2.61. The molecule has 0 aliphatic heterocycles. The van der Waals surface area contributed by atoms with Crippen LogP contribution in [0.2, 0.25) is 0 Å². The van der Waals surface area contributed by atoms with Crippen LogP contribution in [0.3, 0.4) is 0 Å². The third-order valence-corrected chi connectivity index (χ3v) is 3.11. The van der Waals surface area contributed by atoms with E-state index in [4.69, 9.17) is 10.5 Å². The molecule has 0 saturated carbocycles. The zero-order valence-corrected chi connectivity index (χ0v) is 12.6. The standard InChI is InChI=1S/C12H16BrN3O4/c1-20-6-2-3-9(14)12(17)15-10-5-4-8(13)7-11(10)16(18)19/h4-5,7,9H,2-3,6,14H2,1H3,(H,15,17). The Morgan fingerprint density at radius 2 is 2.30 bits per heavy atom. The fourth-order valence-electron chi connectivity index (χ4n) is 1.57. The van der Waals surface area contributed by atoms with E-state index >= 15 is 0 Å². The lowest BCUT2D eigenvalue weighted by atomic mass is 10.1. The van der Waals surface area contributed by atoms with E-state index < -0.39 is 16.9 Å². The summed E-state index contributed by atoms with van der Waals surface area (Å²) in [6, 6.07) is 3.67. The van der Waals surface area contributed by atoms with Gasteiger partial charge in [-0.05, 0) is 25.0 Å². The van der Waals surface area contributed by atoms with E-state index in [-0.39, 0.29) is 11.4 Å². The smallest absolute Gasteiger partial charge is 0.293 e. The van der Waals surface area contributed by atoms with Crippen molar-refractivity contribution >= 4 is 33.2 Å². The highest BCUT2D eigenvalue weighted by Crippen LogP contribution is 2.28. The number of hydrogen-bond acceptors (Lipinski definition) is 5. The molecule has 1 amide bonds. The van der Waals surface area contributed by atoms with Crippen LogP contribution in [0, 0.1) is 10.1 Å². The van der Waals surface area contributed by atoms with Crippen molar-refractivity contribution in [1.29, 1.82) is 0 Å². The number of nitro groups is 1. The number of ether oxygens (including phenoxy) is 1. The number of hydrogen-bond donors (Lipinski definition) is 2. The summed E-state index contributed by atoms with van der Waals surface area (Å²) in [5, 5.41) is 13.4. The molecule has 8 heteroatoms. The highest BCUT2D eigenvalue weighted by atomic mass is 79.9. The molecule has 1 aromatic carbocycles. The first kappa shape index (κ1) is 16.5. The van der Waals surface area contributed by atoms with Gasteiger partial charge in [0.2, 0.25) is 5.91 Å². The van der Waals surface area contributed by atoms with Gasteiger partial charge < -0.3 is 15.8 Å². The van der Waals surface area contributed by atoms with Crippen molar-refractivity contribution in [2.75, 3.05) is 19.0 Å². The van der Waals surface area contributed by atoms with Crippen LogP contribution in [0.5, 0.6) is 0 Å². The molecular weight excluding hydrogens is 330 g/mol. The lowest BCUT2D eigenvalue weighted by molar-refractivity contribution is -0.384. The summed E-state index contributed by atoms with van der Waals surface area (Å²) in [5.74, 6) is -0.452. The zero-order chi connectivity index (χ0) is 15.1. The number of nitrogens with zero attached hydrogens (tertiary/aromatic N) is 1. The van der Waals surface area contributed by atoms with Crippen molar-refractivity contribution < 1.29 is 14.5 Å². The van der Waals surface area contributed by atoms with Crippen molar-refractivity contribution in [3.63, 3.8) is 0 Å². The largest absolute Gasteiger partial charge is 0.385 e. The summed E-state index contributed by atoms with van der Waals surface area (Å²) in [4.78, 5) is 22.2. The average Bonchev–Trinajstić information content (AvgIpc) is 2.40. The van der Waals surface area contributed by atoms with Crippen molar-refractivity contribution in [2.24, 2.45) is 5.73 Å². The van der Waals surface area contributed by atoms with Gasteiger partial charge >= 0.3 is 0 Å². The van der Waals surface area contributed by atoms with Gasteiger partial charge in [-0.15, -0.1) is 0 Å². The molecule has 0 aliphatic rings. The van der Waals surface area contributed by atoms with Gasteiger partial charge in [0.05, 0.1) is 11.0 Å². The normalized spacial score (nSPS) is 11.9. The second kappa shape index (κ2) is 7.93. The topological polar surface area (TPSA) is 107 Å². The van der Waals surface area contributed by atoms with Gasteiger partial charge in [-0.1, -0.05) is 15.9 Å². The Bertz CT molecular complexity index is 496. The van der Waals surface area contributed by atoms with E-state index in [1.807, 2.05) is 0 Å². The Kier molecular flexibility index (Phi) is 6.56. The molecule has 0 spiro atoms. The van der Waals surface area contributed by atoms with Crippen LogP contribution < -0.4 is 11.1 Å². The molecule has 0 aromatic heterocycles. The Hall–Kier alpha value is -1.51. The summed E-state index contributed by atoms with van der Waals surface area (Å²) < 4.78 is 5.43. The number of rotatable bonds is 7. The Labute approximate surface area is 124 Å². The number of carbonyl (C=O) groups is 1. The van der Waals surface area contributed by atoms with Crippen LogP contribution in [0.15, 0.2) is 22.7 Å². The second-order valence-corrected chi connectivity index (χ2v) is 5.07. The first-order chi connectivity index (χ1) is 9.45. The molecule has 0 aliphatic carbocycles. The van der Waals surface area contributed by atoms with E-state index in [0.717, 1.165) is 0 Å². The molecule has 7 nitrogen and oxygen atoms in total. The number of nitrogens with one attached hydrogen (secondary N) is 1. The molecule has 1 aromatic rings. The number of methoxy groups -OCH3 is 1. The number of carbonyl (C=O) groups excluding carboxylic acids is 1. The second-order valence-electron chi connectivity index (χ2n) is 4.15. The average molecular weight is 346 g/mol. The SMILES string of the molecule is COCCCC(N)C(=O)Nc1ccc(Br)cc1[N+](=O)[O-]. The first-order valence-corrected chi connectivity index (χ1v) is 6.74. The lowest BCUT2D eigenvalue weighted by Crippen LogP contribution is -2.35. The zero-order valence-electron chi connectivity index (χ0n) is 11.0. The summed E-state index contributed by atoms with van der Waals surface area (Å²) in [5.41, 5.74) is 5.66. The number of nitro benzene ring substituents is 1. The van der Waals surface area contributed by atoms with E-state index in [1.54, 1.807) is 13.2 Å². The van der Waals surface area contributed by atoms with Crippen LogP contribution >= 0.6 is 15.9 Å². The molecule has 0 bridgehead atoms. The molecule has 0 heterocycles. The monoisotopic (exact) mass is 345 g/mol. The Morgan fingerprint density at radius 3 is 2.90 bits per heavy atom. The minimum atomic E-state index is -0.728. The maximum atomic E-state index is 11.9. The molecule has 1 atom stereocenters. The number of halogens is 1. The van der Waals surface area contributed by atoms with Gasteiger partial charge in [0.1, 0.15) is 5.69 Å². The predicted octanol–water partition coefficient (Wildman–Crippen LogP) is 2.05. The maximum Gasteiger partial charge on any atom is 0.293 e. The van der Waals surface area contributed by atoms with Crippen molar-refractivity contribution in [3.8, 4) is 0 Å². The highest BCUT2D eigenvalue weighted by molar-refractivity contribution is 9.10. The number of anilines is 1. The summed E-state index contributed by atoms with van der Waals surface area (Å²) in [6.45, 7) is 0.513. The Balaban J connectivity index is 2.72. The van der Waals surface area contributed by atoms with Gasteiger partial charge in [0, 0.05) is 24.3 Å². The molecule has 1 unspecified atom stereocenters. The molecule has 0 saturated heterocycles. The van der Waals surface area contributed by atoms with Crippen LogP contribution in [-0.4, -0.2) is 30.6 Å². The number of amides is 1. The van der Waals surface area contributed by atoms with E-state index in [9.17, 15) is 14.9 Å². The molecular formula is C12H16BrN3O4. The minimum absolute atomic E-state index is 0.130. The quantitative estimate of drug-likeness (QED) is 0.446. The summed E-state index contributed by atoms with van der Waals surface area (Å²) in [6.07, 6.45) is 1.09. The van der Waals surface area contributed by atoms with Crippen LogP contribution in [0.25, 0.3) is 0 Å². The lowest BCUT2D eigenvalue weighted by Gasteiger charge is -2.12. The third kappa shape index (κ3) is 4.87. The van der Waals surface area contributed by atoms with Gasteiger partial charge in [-0.25, -0.2) is 0 Å².